The molecule has 2 heterocycles. The van der Waals surface area contributed by atoms with Crippen LogP contribution in [0.25, 0.3) is 22.5 Å². The van der Waals surface area contributed by atoms with E-state index in [1.54, 1.807) is 38.1 Å². The molecular weight excluding hydrogens is 817 g/mol. The van der Waals surface area contributed by atoms with Gasteiger partial charge < -0.3 is 35.4 Å². The lowest BCUT2D eigenvalue weighted by atomic mass is 9.81. The molecule has 0 bridgehead atoms. The molecule has 0 spiro atoms. The van der Waals surface area contributed by atoms with Crippen molar-refractivity contribution in [3.05, 3.63) is 78.2 Å². The highest BCUT2D eigenvalue weighted by atomic mass is 19.3. The highest BCUT2D eigenvalue weighted by molar-refractivity contribution is 5.98. The van der Waals surface area contributed by atoms with Gasteiger partial charge in [-0.3, -0.25) is 14.7 Å². The Labute approximate surface area is 356 Å². The van der Waals surface area contributed by atoms with Gasteiger partial charge in [-0.2, -0.15) is 22.7 Å². The highest BCUT2D eigenvalue weighted by Gasteiger charge is 2.65. The summed E-state index contributed by atoms with van der Waals surface area (Å²) in [6.07, 6.45) is 4.60. The molecule has 5 rings (SSSR count). The largest absolute Gasteiger partial charge is 0.478 e. The van der Waals surface area contributed by atoms with Crippen molar-refractivity contribution in [1.82, 2.24) is 35.7 Å². The first kappa shape index (κ1) is 46.9. The van der Waals surface area contributed by atoms with Crippen LogP contribution in [0.3, 0.4) is 0 Å². The number of carboxylic acids is 1. The number of nitrogens with one attached hydrogen (secondary N) is 4. The number of alkyl halides is 4. The molecule has 4 aromatic rings. The normalized spacial score (nSPS) is 16.3. The summed E-state index contributed by atoms with van der Waals surface area (Å²) in [6.45, 7) is 7.17. The second kappa shape index (κ2) is 20.2. The number of aromatic amines is 1. The number of rotatable bonds is 18. The van der Waals surface area contributed by atoms with Crippen LogP contribution in [-0.4, -0.2) is 105 Å². The van der Waals surface area contributed by atoms with Crippen molar-refractivity contribution < 1.29 is 51.3 Å². The number of carbonyl (C=O) groups excluding carboxylic acids is 3. The molecule has 2 aromatic carbocycles. The molecule has 1 saturated carbocycles. The van der Waals surface area contributed by atoms with Crippen LogP contribution in [0.4, 0.5) is 28.0 Å². The molecule has 19 heteroatoms. The van der Waals surface area contributed by atoms with Crippen LogP contribution in [0.15, 0.2) is 66.9 Å². The third kappa shape index (κ3) is 12.7. The van der Waals surface area contributed by atoms with Crippen molar-refractivity contribution in [1.29, 1.82) is 0 Å². The Morgan fingerprint density at radius 2 is 1.63 bits per heavy atom. The number of amides is 3. The zero-order valence-corrected chi connectivity index (χ0v) is 35.1. The van der Waals surface area contributed by atoms with Crippen LogP contribution in [-0.2, 0) is 31.5 Å². The Morgan fingerprint density at radius 3 is 2.26 bits per heavy atom. The minimum absolute atomic E-state index is 0.0944. The lowest BCUT2D eigenvalue weighted by Crippen LogP contribution is -2.48. The smallest absolute Gasteiger partial charge is 0.411 e. The fraction of sp³-hybridized carbons (Fsp3) is 0.465. The van der Waals surface area contributed by atoms with Gasteiger partial charge >= 0.3 is 23.9 Å². The summed E-state index contributed by atoms with van der Waals surface area (Å²) in [5.41, 5.74) is 2.10. The van der Waals surface area contributed by atoms with Gasteiger partial charge in [0.25, 0.3) is 0 Å². The minimum atomic E-state index is -5.45. The number of ether oxygens (including phenoxy) is 2. The van der Waals surface area contributed by atoms with E-state index in [1.807, 2.05) is 44.4 Å². The van der Waals surface area contributed by atoms with E-state index in [0.29, 0.717) is 44.7 Å². The summed E-state index contributed by atoms with van der Waals surface area (Å²) >= 11 is 0. The standard InChI is InChI=1S/C43H52F4N8O7/c1-41(2,3)62-40(60)49-24-26-10-12-29(13-11-26)36(56)51-33(23-27-8-6-9-30(22-27)31-16-19-34(48-25-31)61-21-7-20-55(4)5)37(57)50-32-17-14-28(15-18-32)35-52-38(54-53-35)42(44,45)43(46,47)39(58)59/h6,8-9,14-19,22,25-26,29,33H,7,10-13,20-21,23-24H2,1-5H3,(H,49,60)(H,50,57)(H,51,56)(H,58,59)(H,52,53,54). The first-order chi connectivity index (χ1) is 29.2. The van der Waals surface area contributed by atoms with Gasteiger partial charge in [-0.1, -0.05) is 24.3 Å². The first-order valence-electron chi connectivity index (χ1n) is 20.1. The number of alkyl carbamates (subject to hydrolysis) is 1. The number of hydrogen-bond donors (Lipinski definition) is 5. The third-order valence-corrected chi connectivity index (χ3v) is 10.1. The number of hydrogen-bond acceptors (Lipinski definition) is 10. The average Bonchev–Trinajstić information content (AvgIpc) is 3.73. The molecule has 15 nitrogen and oxygen atoms in total. The Hall–Kier alpha value is -6.11. The van der Waals surface area contributed by atoms with Crippen molar-refractivity contribution in [2.24, 2.45) is 11.8 Å². The van der Waals surface area contributed by atoms with Crippen LogP contribution in [0.2, 0.25) is 0 Å². The zero-order valence-electron chi connectivity index (χ0n) is 35.1. The fourth-order valence-corrected chi connectivity index (χ4v) is 6.72. The SMILES string of the molecule is CN(C)CCCOc1ccc(-c2cccc(CC(NC(=O)C3CCC(CNC(=O)OC(C)(C)C)CC3)C(=O)Nc3ccc(-c4n[nH]c(C(F)(F)C(F)(F)C(=O)O)n4)cc3)c2)cn1. The topological polar surface area (TPSA) is 201 Å². The highest BCUT2D eigenvalue weighted by Crippen LogP contribution is 2.42. The van der Waals surface area contributed by atoms with E-state index in [9.17, 15) is 36.7 Å². The summed E-state index contributed by atoms with van der Waals surface area (Å²) in [4.78, 5) is 60.6. The molecule has 62 heavy (non-hydrogen) atoms. The molecule has 334 valence electrons. The summed E-state index contributed by atoms with van der Waals surface area (Å²) in [5, 5.41) is 22.4. The maximum absolute atomic E-state index is 14.3. The van der Waals surface area contributed by atoms with Crippen molar-refractivity contribution in [3.63, 3.8) is 0 Å². The average molecular weight is 869 g/mol. The predicted octanol–water partition coefficient (Wildman–Crippen LogP) is 6.67. The third-order valence-electron chi connectivity index (χ3n) is 10.1. The van der Waals surface area contributed by atoms with Crippen LogP contribution >= 0.6 is 0 Å². The van der Waals surface area contributed by atoms with E-state index in [4.69, 9.17) is 14.6 Å². The molecular formula is C43H52F4N8O7. The molecule has 0 radical (unpaired) electrons. The van der Waals surface area contributed by atoms with Crippen molar-refractivity contribution >= 4 is 29.6 Å². The summed E-state index contributed by atoms with van der Waals surface area (Å²) in [7, 11) is 3.98. The number of H-pyrrole nitrogens is 1. The van der Waals surface area contributed by atoms with Crippen molar-refractivity contribution in [2.45, 2.75) is 82.8 Å². The lowest BCUT2D eigenvalue weighted by molar-refractivity contribution is -0.231. The predicted molar refractivity (Wildman–Crippen MR) is 221 cm³/mol. The van der Waals surface area contributed by atoms with Gasteiger partial charge in [-0.15, -0.1) is 0 Å². The fourth-order valence-electron chi connectivity index (χ4n) is 6.72. The molecule has 0 aliphatic heterocycles. The van der Waals surface area contributed by atoms with Crippen LogP contribution in [0.1, 0.15) is 64.3 Å². The molecule has 1 unspecified atom stereocenters. The summed E-state index contributed by atoms with van der Waals surface area (Å²) in [6, 6.07) is 15.6. The number of carbonyl (C=O) groups is 4. The van der Waals surface area contributed by atoms with Crippen LogP contribution < -0.4 is 20.7 Å². The zero-order chi connectivity index (χ0) is 45.2. The van der Waals surface area contributed by atoms with Gasteiger partial charge in [-0.25, -0.2) is 19.6 Å². The number of aromatic nitrogens is 4. The monoisotopic (exact) mass is 868 g/mol. The Morgan fingerprint density at radius 1 is 0.935 bits per heavy atom. The number of aliphatic carboxylic acids is 1. The minimum Gasteiger partial charge on any atom is -0.478 e. The summed E-state index contributed by atoms with van der Waals surface area (Å²) < 4.78 is 67.2. The van der Waals surface area contributed by atoms with E-state index in [2.05, 4.69) is 35.9 Å². The lowest BCUT2D eigenvalue weighted by Gasteiger charge is -2.29. The Kier molecular flexibility index (Phi) is 15.3. The number of benzene rings is 2. The van der Waals surface area contributed by atoms with Gasteiger partial charge in [0.15, 0.2) is 5.82 Å². The number of anilines is 1. The molecule has 1 aliphatic carbocycles. The van der Waals surface area contributed by atoms with Crippen molar-refractivity contribution in [3.8, 4) is 28.4 Å². The van der Waals surface area contributed by atoms with E-state index in [1.165, 1.54) is 24.3 Å². The number of nitrogens with zero attached hydrogens (tertiary/aromatic N) is 4. The van der Waals surface area contributed by atoms with Gasteiger partial charge in [0.2, 0.25) is 23.5 Å². The van der Waals surface area contributed by atoms with Crippen molar-refractivity contribution in [2.75, 3.05) is 39.1 Å². The number of carboxylic acid groups (broad SMARTS) is 1. The van der Waals surface area contributed by atoms with E-state index in [0.717, 1.165) is 29.7 Å². The molecule has 3 amide bonds. The summed E-state index contributed by atoms with van der Waals surface area (Å²) in [5.74, 6) is -16.3. The molecule has 0 saturated heterocycles. The van der Waals surface area contributed by atoms with Gasteiger partial charge in [0.1, 0.15) is 11.6 Å². The van der Waals surface area contributed by atoms with Gasteiger partial charge in [-0.05, 0) is 114 Å². The Balaban J connectivity index is 1.28. The quantitative estimate of drug-likeness (QED) is 0.0528. The number of halogens is 4. The number of pyridine rings is 1. The second-order valence-corrected chi connectivity index (χ2v) is 16.5. The maximum Gasteiger partial charge on any atom is 0.411 e. The molecule has 1 atom stereocenters. The maximum atomic E-state index is 14.3. The van der Waals surface area contributed by atoms with Gasteiger partial charge in [0, 0.05) is 54.5 Å². The molecule has 1 aliphatic rings. The van der Waals surface area contributed by atoms with E-state index in [-0.39, 0.29) is 35.4 Å². The first-order valence-corrected chi connectivity index (χ1v) is 20.1. The van der Waals surface area contributed by atoms with E-state index >= 15 is 0 Å². The molecule has 1 fully saturated rings. The molecule has 5 N–H and O–H groups in total. The second-order valence-electron chi connectivity index (χ2n) is 16.5. The van der Waals surface area contributed by atoms with E-state index < -0.39 is 53.1 Å². The van der Waals surface area contributed by atoms with Gasteiger partial charge in [0.05, 0.1) is 6.61 Å². The molecule has 2 aromatic heterocycles. The van der Waals surface area contributed by atoms with Crippen LogP contribution in [0.5, 0.6) is 5.88 Å². The van der Waals surface area contributed by atoms with Crippen LogP contribution in [0, 0.1) is 11.8 Å². The Bertz CT molecular complexity index is 2150.